The Labute approximate surface area is 127 Å². The van der Waals surface area contributed by atoms with Gasteiger partial charge in [-0.2, -0.15) is 0 Å². The van der Waals surface area contributed by atoms with Crippen LogP contribution in [-0.2, 0) is 6.54 Å². The monoisotopic (exact) mass is 295 g/mol. The maximum Gasteiger partial charge on any atom is 0.128 e. The maximum atomic E-state index is 6.27. The minimum Gasteiger partial charge on any atom is -0.357 e. The zero-order valence-corrected chi connectivity index (χ0v) is 13.8. The molecule has 0 aromatic carbocycles. The molecule has 20 heavy (non-hydrogen) atoms. The van der Waals surface area contributed by atoms with Crippen LogP contribution >= 0.6 is 11.6 Å². The molecule has 0 bridgehead atoms. The van der Waals surface area contributed by atoms with Gasteiger partial charge in [-0.15, -0.1) is 0 Å². The third-order valence-electron chi connectivity index (χ3n) is 3.92. The second kappa shape index (κ2) is 6.31. The fourth-order valence-electron chi connectivity index (χ4n) is 2.62. The molecule has 1 heterocycles. The van der Waals surface area contributed by atoms with Gasteiger partial charge in [0.05, 0.1) is 10.7 Å². The van der Waals surface area contributed by atoms with Crippen molar-refractivity contribution < 1.29 is 0 Å². The van der Waals surface area contributed by atoms with Crippen molar-refractivity contribution >= 4 is 17.4 Å². The van der Waals surface area contributed by atoms with Crippen molar-refractivity contribution in [3.8, 4) is 0 Å². The summed E-state index contributed by atoms with van der Waals surface area (Å²) in [7, 11) is 2.15. The first-order chi connectivity index (χ1) is 9.37. The smallest absolute Gasteiger partial charge is 0.128 e. The Bertz CT molecular complexity index is 448. The lowest BCUT2D eigenvalue weighted by Gasteiger charge is -2.26. The molecule has 2 rings (SSSR count). The van der Waals surface area contributed by atoms with E-state index >= 15 is 0 Å². The average molecular weight is 296 g/mol. The van der Waals surface area contributed by atoms with Gasteiger partial charge in [0.2, 0.25) is 0 Å². The van der Waals surface area contributed by atoms with Gasteiger partial charge in [-0.05, 0) is 45.7 Å². The maximum absolute atomic E-state index is 6.27. The molecule has 4 heteroatoms. The highest BCUT2D eigenvalue weighted by atomic mass is 35.5. The van der Waals surface area contributed by atoms with Crippen molar-refractivity contribution in [2.24, 2.45) is 0 Å². The van der Waals surface area contributed by atoms with Gasteiger partial charge in [-0.1, -0.05) is 24.4 Å². The van der Waals surface area contributed by atoms with E-state index in [0.29, 0.717) is 12.6 Å². The predicted molar refractivity (Wildman–Crippen MR) is 86.5 cm³/mol. The van der Waals surface area contributed by atoms with E-state index in [4.69, 9.17) is 16.6 Å². The van der Waals surface area contributed by atoms with Crippen LogP contribution in [0.5, 0.6) is 0 Å². The van der Waals surface area contributed by atoms with Crippen LogP contribution in [-0.4, -0.2) is 23.6 Å². The summed E-state index contributed by atoms with van der Waals surface area (Å²) in [4.78, 5) is 7.06. The molecule has 112 valence electrons. The Hall–Kier alpha value is -0.800. The summed E-state index contributed by atoms with van der Waals surface area (Å²) >= 11 is 6.27. The first-order valence-electron chi connectivity index (χ1n) is 7.50. The topological polar surface area (TPSA) is 28.2 Å². The number of pyridine rings is 1. The van der Waals surface area contributed by atoms with Crippen molar-refractivity contribution in [2.45, 2.75) is 64.6 Å². The molecule has 0 atom stereocenters. The highest BCUT2D eigenvalue weighted by Crippen LogP contribution is 2.27. The lowest BCUT2D eigenvalue weighted by Crippen LogP contribution is -2.35. The van der Waals surface area contributed by atoms with Gasteiger partial charge >= 0.3 is 0 Å². The average Bonchev–Trinajstić information content (AvgIpc) is 2.90. The van der Waals surface area contributed by atoms with E-state index in [0.717, 1.165) is 16.5 Å². The lowest BCUT2D eigenvalue weighted by molar-refractivity contribution is 0.421. The van der Waals surface area contributed by atoms with Crippen molar-refractivity contribution in [1.29, 1.82) is 0 Å². The van der Waals surface area contributed by atoms with Gasteiger partial charge in [0, 0.05) is 25.2 Å². The van der Waals surface area contributed by atoms with Crippen LogP contribution in [0.3, 0.4) is 0 Å². The predicted octanol–water partition coefficient (Wildman–Crippen LogP) is 4.00. The molecule has 0 unspecified atom stereocenters. The molecule has 1 aliphatic carbocycles. The van der Waals surface area contributed by atoms with E-state index in [1.54, 1.807) is 0 Å². The molecule has 1 N–H and O–H groups in total. The van der Waals surface area contributed by atoms with Crippen molar-refractivity contribution in [1.82, 2.24) is 10.3 Å². The van der Waals surface area contributed by atoms with Crippen LogP contribution in [0, 0.1) is 0 Å². The quantitative estimate of drug-likeness (QED) is 0.910. The fraction of sp³-hybridized carbons (Fsp3) is 0.688. The van der Waals surface area contributed by atoms with Gasteiger partial charge in [-0.3, -0.25) is 0 Å². The van der Waals surface area contributed by atoms with E-state index in [2.05, 4.69) is 38.0 Å². The Morgan fingerprint density at radius 1 is 1.30 bits per heavy atom. The molecule has 1 saturated carbocycles. The number of rotatable bonds is 4. The van der Waals surface area contributed by atoms with Crippen molar-refractivity contribution in [2.75, 3.05) is 11.9 Å². The molecule has 3 nitrogen and oxygen atoms in total. The van der Waals surface area contributed by atoms with Crippen LogP contribution in [0.25, 0.3) is 0 Å². The first kappa shape index (κ1) is 15.6. The van der Waals surface area contributed by atoms with E-state index < -0.39 is 0 Å². The largest absolute Gasteiger partial charge is 0.357 e. The number of aromatic nitrogens is 1. The molecule has 0 saturated heterocycles. The molecule has 1 aromatic rings. The summed E-state index contributed by atoms with van der Waals surface area (Å²) < 4.78 is 0. The number of hydrogen-bond donors (Lipinski definition) is 1. The van der Waals surface area contributed by atoms with Crippen LogP contribution in [0.1, 0.15) is 52.1 Å². The van der Waals surface area contributed by atoms with E-state index in [1.165, 1.54) is 25.7 Å². The van der Waals surface area contributed by atoms with Gasteiger partial charge < -0.3 is 10.2 Å². The third-order valence-corrected chi connectivity index (χ3v) is 4.27. The highest BCUT2D eigenvalue weighted by Gasteiger charge is 2.21. The second-order valence-electron chi connectivity index (χ2n) is 6.75. The second-order valence-corrected chi connectivity index (χ2v) is 7.16. The molecule has 0 radical (unpaired) electrons. The lowest BCUT2D eigenvalue weighted by atomic mass is 10.1. The van der Waals surface area contributed by atoms with E-state index in [-0.39, 0.29) is 5.54 Å². The minimum atomic E-state index is 0.0678. The molecule has 1 aliphatic rings. The number of nitrogens with zero attached hydrogens (tertiary/aromatic N) is 2. The third kappa shape index (κ3) is 4.10. The summed E-state index contributed by atoms with van der Waals surface area (Å²) in [5.41, 5.74) is 1.00. The van der Waals surface area contributed by atoms with E-state index in [9.17, 15) is 0 Å². The van der Waals surface area contributed by atoms with Gasteiger partial charge in [0.25, 0.3) is 0 Å². The number of hydrogen-bond acceptors (Lipinski definition) is 3. The van der Waals surface area contributed by atoms with Gasteiger partial charge in [-0.25, -0.2) is 4.98 Å². The standard InChI is InChI=1S/C16H26ClN3/c1-16(2,3)18-11-14-13(17)9-10-15(19-14)20(4)12-7-5-6-8-12/h9-10,12,18H,5-8,11H2,1-4H3. The summed E-state index contributed by atoms with van der Waals surface area (Å²) in [5, 5.41) is 4.19. The number of halogens is 1. The Morgan fingerprint density at radius 2 is 1.95 bits per heavy atom. The molecular formula is C16H26ClN3. The van der Waals surface area contributed by atoms with Crippen molar-refractivity contribution in [3.05, 3.63) is 22.8 Å². The van der Waals surface area contributed by atoms with Crippen molar-refractivity contribution in [3.63, 3.8) is 0 Å². The summed E-state index contributed by atoms with van der Waals surface area (Å²) in [5.74, 6) is 1.03. The molecule has 1 aromatic heterocycles. The first-order valence-corrected chi connectivity index (χ1v) is 7.88. The van der Waals surface area contributed by atoms with Crippen LogP contribution in [0.4, 0.5) is 5.82 Å². The highest BCUT2D eigenvalue weighted by molar-refractivity contribution is 6.31. The Morgan fingerprint density at radius 3 is 2.55 bits per heavy atom. The normalized spacial score (nSPS) is 16.6. The molecule has 0 spiro atoms. The van der Waals surface area contributed by atoms with Crippen LogP contribution in [0.15, 0.2) is 12.1 Å². The minimum absolute atomic E-state index is 0.0678. The fourth-order valence-corrected chi connectivity index (χ4v) is 2.79. The summed E-state index contributed by atoms with van der Waals surface area (Å²) in [6.07, 6.45) is 5.22. The Balaban J connectivity index is 2.11. The summed E-state index contributed by atoms with van der Waals surface area (Å²) in [6, 6.07) is 4.63. The van der Waals surface area contributed by atoms with E-state index in [1.807, 2.05) is 12.1 Å². The SMILES string of the molecule is CN(c1ccc(Cl)c(CNC(C)(C)C)n1)C1CCCC1. The molecule has 0 aliphatic heterocycles. The summed E-state index contributed by atoms with van der Waals surface area (Å²) in [6.45, 7) is 7.15. The molecule has 1 fully saturated rings. The number of nitrogens with one attached hydrogen (secondary N) is 1. The number of anilines is 1. The Kier molecular flexibility index (Phi) is 4.92. The van der Waals surface area contributed by atoms with Crippen LogP contribution in [0.2, 0.25) is 5.02 Å². The van der Waals surface area contributed by atoms with Gasteiger partial charge in [0.15, 0.2) is 0 Å². The molecular weight excluding hydrogens is 270 g/mol. The molecule has 0 amide bonds. The zero-order chi connectivity index (χ0) is 14.8. The zero-order valence-electron chi connectivity index (χ0n) is 13.0. The van der Waals surface area contributed by atoms with Gasteiger partial charge in [0.1, 0.15) is 5.82 Å². The van der Waals surface area contributed by atoms with Crippen LogP contribution < -0.4 is 10.2 Å².